The molecule has 1 rings (SSSR count). The van der Waals surface area contributed by atoms with Crippen molar-refractivity contribution in [3.05, 3.63) is 23.8 Å². The molecule has 1 aromatic carbocycles. The molecule has 0 heterocycles. The fourth-order valence-corrected chi connectivity index (χ4v) is 1.80. The van der Waals surface area contributed by atoms with Crippen LogP contribution in [0.2, 0.25) is 0 Å². The lowest BCUT2D eigenvalue weighted by Crippen LogP contribution is -2.18. The lowest BCUT2D eigenvalue weighted by Gasteiger charge is -2.17. The van der Waals surface area contributed by atoms with Crippen molar-refractivity contribution in [2.45, 2.75) is 19.5 Å². The maximum absolute atomic E-state index is 11.8. The Morgan fingerprint density at radius 2 is 1.95 bits per heavy atom. The molecule has 0 spiro atoms. The molecular formula is C14H21F3N2O. The summed E-state index contributed by atoms with van der Waals surface area (Å²) in [7, 11) is 3.94. The number of nitrogens with zero attached hydrogens (tertiary/aromatic N) is 1. The number of nitrogens with one attached hydrogen (secondary N) is 1. The van der Waals surface area contributed by atoms with Crippen molar-refractivity contribution in [2.24, 2.45) is 0 Å². The minimum Gasteiger partial charge on any atom is -0.385 e. The first-order valence-electron chi connectivity index (χ1n) is 6.46. The Balaban J connectivity index is 2.31. The van der Waals surface area contributed by atoms with Crippen LogP contribution >= 0.6 is 0 Å². The van der Waals surface area contributed by atoms with E-state index in [0.717, 1.165) is 11.4 Å². The van der Waals surface area contributed by atoms with E-state index in [-0.39, 0.29) is 6.61 Å². The normalized spacial score (nSPS) is 11.5. The molecule has 0 saturated heterocycles. The highest BCUT2D eigenvalue weighted by atomic mass is 19.4. The van der Waals surface area contributed by atoms with Gasteiger partial charge >= 0.3 is 6.18 Å². The average Bonchev–Trinajstić information content (AvgIpc) is 2.33. The SMILES string of the molecule is Cc1ccc(NCCCOCC(F)(F)F)cc1N(C)C. The van der Waals surface area contributed by atoms with Gasteiger partial charge in [-0.25, -0.2) is 0 Å². The van der Waals surface area contributed by atoms with Gasteiger partial charge in [0.1, 0.15) is 6.61 Å². The van der Waals surface area contributed by atoms with E-state index in [1.165, 1.54) is 5.56 Å². The van der Waals surface area contributed by atoms with Crippen LogP contribution in [-0.4, -0.2) is 40.0 Å². The van der Waals surface area contributed by atoms with E-state index < -0.39 is 12.8 Å². The van der Waals surface area contributed by atoms with Gasteiger partial charge in [-0.05, 0) is 31.0 Å². The lowest BCUT2D eigenvalue weighted by atomic mass is 10.1. The van der Waals surface area contributed by atoms with Crippen molar-refractivity contribution in [1.82, 2.24) is 0 Å². The Kier molecular flexibility index (Phi) is 6.13. The summed E-state index contributed by atoms with van der Waals surface area (Å²) in [4.78, 5) is 2.02. The molecular weight excluding hydrogens is 269 g/mol. The molecule has 0 aromatic heterocycles. The van der Waals surface area contributed by atoms with Crippen LogP contribution < -0.4 is 10.2 Å². The predicted octanol–water partition coefficient (Wildman–Crippen LogP) is 3.44. The third-order valence-corrected chi connectivity index (χ3v) is 2.75. The number of anilines is 2. The van der Waals surface area contributed by atoms with Crippen LogP contribution in [0.3, 0.4) is 0 Å². The van der Waals surface area contributed by atoms with Crippen molar-refractivity contribution in [1.29, 1.82) is 0 Å². The first-order valence-corrected chi connectivity index (χ1v) is 6.46. The topological polar surface area (TPSA) is 24.5 Å². The molecule has 1 aromatic rings. The highest BCUT2D eigenvalue weighted by molar-refractivity contribution is 5.61. The van der Waals surface area contributed by atoms with Crippen LogP contribution in [0.1, 0.15) is 12.0 Å². The lowest BCUT2D eigenvalue weighted by molar-refractivity contribution is -0.173. The fourth-order valence-electron chi connectivity index (χ4n) is 1.80. The van der Waals surface area contributed by atoms with E-state index in [1.807, 2.05) is 44.1 Å². The molecule has 0 radical (unpaired) electrons. The molecule has 0 saturated carbocycles. The molecule has 1 N–H and O–H groups in total. The molecule has 0 aliphatic rings. The van der Waals surface area contributed by atoms with Crippen molar-refractivity contribution >= 4 is 11.4 Å². The van der Waals surface area contributed by atoms with Crippen LogP contribution in [0.25, 0.3) is 0 Å². The summed E-state index contributed by atoms with van der Waals surface area (Å²) < 4.78 is 40.1. The molecule has 0 atom stereocenters. The third kappa shape index (κ3) is 6.14. The molecule has 0 amide bonds. The van der Waals surface area contributed by atoms with Crippen LogP contribution in [-0.2, 0) is 4.74 Å². The number of benzene rings is 1. The van der Waals surface area contributed by atoms with Crippen molar-refractivity contribution in [2.75, 3.05) is 44.1 Å². The standard InChI is InChI=1S/C14H21F3N2O/c1-11-5-6-12(9-13(11)19(2)3)18-7-4-8-20-10-14(15,16)17/h5-6,9,18H,4,7-8,10H2,1-3H3. The third-order valence-electron chi connectivity index (χ3n) is 2.75. The number of hydrogen-bond acceptors (Lipinski definition) is 3. The summed E-state index contributed by atoms with van der Waals surface area (Å²) in [6.07, 6.45) is -3.72. The molecule has 0 aliphatic heterocycles. The Bertz CT molecular complexity index is 419. The Morgan fingerprint density at radius 3 is 2.55 bits per heavy atom. The summed E-state index contributed by atoms with van der Waals surface area (Å²) in [5, 5.41) is 3.18. The van der Waals surface area contributed by atoms with E-state index >= 15 is 0 Å². The number of alkyl halides is 3. The molecule has 0 fully saturated rings. The highest BCUT2D eigenvalue weighted by Crippen LogP contribution is 2.22. The number of rotatable bonds is 7. The second-order valence-corrected chi connectivity index (χ2v) is 4.84. The monoisotopic (exact) mass is 290 g/mol. The van der Waals surface area contributed by atoms with Gasteiger partial charge in [-0.15, -0.1) is 0 Å². The van der Waals surface area contributed by atoms with Crippen molar-refractivity contribution in [3.63, 3.8) is 0 Å². The maximum atomic E-state index is 11.8. The summed E-state index contributed by atoms with van der Waals surface area (Å²) in [5.74, 6) is 0. The van der Waals surface area contributed by atoms with Gasteiger partial charge in [0.25, 0.3) is 0 Å². The largest absolute Gasteiger partial charge is 0.411 e. The Hall–Kier alpha value is -1.43. The molecule has 3 nitrogen and oxygen atoms in total. The zero-order valence-electron chi connectivity index (χ0n) is 12.0. The molecule has 0 unspecified atom stereocenters. The number of ether oxygens (including phenoxy) is 1. The van der Waals surface area contributed by atoms with Gasteiger partial charge in [0.15, 0.2) is 0 Å². The molecule has 6 heteroatoms. The summed E-state index contributed by atoms with van der Waals surface area (Å²) in [5.41, 5.74) is 3.24. The van der Waals surface area contributed by atoms with E-state index in [0.29, 0.717) is 13.0 Å². The van der Waals surface area contributed by atoms with Gasteiger partial charge in [-0.1, -0.05) is 6.07 Å². The average molecular weight is 290 g/mol. The zero-order valence-corrected chi connectivity index (χ0v) is 12.0. The highest BCUT2D eigenvalue weighted by Gasteiger charge is 2.27. The second kappa shape index (κ2) is 7.38. The number of aryl methyl sites for hydroxylation is 1. The van der Waals surface area contributed by atoms with Crippen LogP contribution in [0.5, 0.6) is 0 Å². The first-order chi connectivity index (χ1) is 9.29. The van der Waals surface area contributed by atoms with E-state index in [1.54, 1.807) is 0 Å². The fraction of sp³-hybridized carbons (Fsp3) is 0.571. The van der Waals surface area contributed by atoms with Crippen molar-refractivity contribution < 1.29 is 17.9 Å². The van der Waals surface area contributed by atoms with Gasteiger partial charge in [-0.3, -0.25) is 0 Å². The van der Waals surface area contributed by atoms with E-state index in [2.05, 4.69) is 10.1 Å². The minimum absolute atomic E-state index is 0.0961. The number of halogens is 3. The van der Waals surface area contributed by atoms with Gasteiger partial charge in [0.2, 0.25) is 0 Å². The Morgan fingerprint density at radius 1 is 1.25 bits per heavy atom. The zero-order chi connectivity index (χ0) is 15.2. The van der Waals surface area contributed by atoms with Crippen LogP contribution in [0.15, 0.2) is 18.2 Å². The van der Waals surface area contributed by atoms with Gasteiger partial charge in [-0.2, -0.15) is 13.2 Å². The summed E-state index contributed by atoms with van der Waals surface area (Å²) in [6.45, 7) is 1.53. The minimum atomic E-state index is -4.25. The first kappa shape index (κ1) is 16.6. The quantitative estimate of drug-likeness (QED) is 0.779. The van der Waals surface area contributed by atoms with E-state index in [4.69, 9.17) is 0 Å². The molecule has 20 heavy (non-hydrogen) atoms. The van der Waals surface area contributed by atoms with Gasteiger partial charge < -0.3 is 15.0 Å². The molecule has 0 aliphatic carbocycles. The number of hydrogen-bond donors (Lipinski definition) is 1. The van der Waals surface area contributed by atoms with Crippen molar-refractivity contribution in [3.8, 4) is 0 Å². The van der Waals surface area contributed by atoms with Crippen LogP contribution in [0.4, 0.5) is 24.5 Å². The summed E-state index contributed by atoms with van der Waals surface area (Å²) >= 11 is 0. The molecule has 0 bridgehead atoms. The van der Waals surface area contributed by atoms with Gasteiger partial charge in [0.05, 0.1) is 0 Å². The van der Waals surface area contributed by atoms with E-state index in [9.17, 15) is 13.2 Å². The molecule has 114 valence electrons. The summed E-state index contributed by atoms with van der Waals surface area (Å²) in [6, 6.07) is 5.99. The predicted molar refractivity (Wildman–Crippen MR) is 75.5 cm³/mol. The maximum Gasteiger partial charge on any atom is 0.411 e. The van der Waals surface area contributed by atoms with Gasteiger partial charge in [0, 0.05) is 38.6 Å². The smallest absolute Gasteiger partial charge is 0.385 e. The Labute approximate surface area is 117 Å². The van der Waals surface area contributed by atoms with Crippen LogP contribution in [0, 0.1) is 6.92 Å². The second-order valence-electron chi connectivity index (χ2n) is 4.84.